The zero-order valence-electron chi connectivity index (χ0n) is 11.5. The molecule has 1 unspecified atom stereocenters. The highest BCUT2D eigenvalue weighted by atomic mass is 16.3. The van der Waals surface area contributed by atoms with Crippen molar-refractivity contribution < 1.29 is 15.3 Å². The van der Waals surface area contributed by atoms with Crippen LogP contribution in [-0.2, 0) is 0 Å². The summed E-state index contributed by atoms with van der Waals surface area (Å²) in [5.74, 6) is -0.298. The van der Waals surface area contributed by atoms with Crippen LogP contribution in [0.25, 0.3) is 0 Å². The van der Waals surface area contributed by atoms with Crippen LogP contribution in [0.3, 0.4) is 0 Å². The minimum Gasteiger partial charge on any atom is -0.508 e. The minimum absolute atomic E-state index is 0.00731. The van der Waals surface area contributed by atoms with Crippen molar-refractivity contribution in [1.82, 2.24) is 0 Å². The number of hydrogen-bond donors (Lipinski definition) is 3. The van der Waals surface area contributed by atoms with Crippen molar-refractivity contribution in [2.45, 2.75) is 46.5 Å². The zero-order valence-corrected chi connectivity index (χ0v) is 11.5. The van der Waals surface area contributed by atoms with E-state index in [2.05, 4.69) is 6.08 Å². The monoisotopic (exact) mass is 250 g/mol. The van der Waals surface area contributed by atoms with Crippen molar-refractivity contribution in [3.8, 4) is 17.2 Å². The average Bonchev–Trinajstić information content (AvgIpc) is 2.25. The summed E-state index contributed by atoms with van der Waals surface area (Å²) in [6.07, 6.45) is 3.82. The number of aromatic hydroxyl groups is 3. The van der Waals surface area contributed by atoms with Crippen LogP contribution in [0.15, 0.2) is 17.7 Å². The van der Waals surface area contributed by atoms with Crippen molar-refractivity contribution in [2.24, 2.45) is 0 Å². The molecule has 0 aliphatic rings. The second-order valence-electron chi connectivity index (χ2n) is 5.08. The summed E-state index contributed by atoms with van der Waals surface area (Å²) < 4.78 is 0. The van der Waals surface area contributed by atoms with E-state index in [1.54, 1.807) is 6.92 Å². The molecule has 0 spiro atoms. The van der Waals surface area contributed by atoms with E-state index in [1.807, 2.05) is 20.8 Å². The summed E-state index contributed by atoms with van der Waals surface area (Å²) >= 11 is 0. The van der Waals surface area contributed by atoms with Gasteiger partial charge in [-0.1, -0.05) is 18.6 Å². The third-order valence-electron chi connectivity index (χ3n) is 3.13. The van der Waals surface area contributed by atoms with Crippen LogP contribution in [0.5, 0.6) is 17.2 Å². The Balaban J connectivity index is 2.95. The lowest BCUT2D eigenvalue weighted by atomic mass is 9.92. The number of hydrogen-bond acceptors (Lipinski definition) is 3. The van der Waals surface area contributed by atoms with Crippen LogP contribution in [0.2, 0.25) is 0 Å². The maximum Gasteiger partial charge on any atom is 0.164 e. The Morgan fingerprint density at radius 1 is 1.22 bits per heavy atom. The second-order valence-corrected chi connectivity index (χ2v) is 5.08. The quantitative estimate of drug-likeness (QED) is 0.430. The Kier molecular flexibility index (Phi) is 4.65. The third-order valence-corrected chi connectivity index (χ3v) is 3.13. The highest BCUT2D eigenvalue weighted by Gasteiger charge is 2.19. The largest absolute Gasteiger partial charge is 0.508 e. The molecule has 0 heterocycles. The number of aryl methyl sites for hydroxylation is 1. The van der Waals surface area contributed by atoms with Gasteiger partial charge in [0.1, 0.15) is 5.75 Å². The zero-order chi connectivity index (χ0) is 13.9. The van der Waals surface area contributed by atoms with Gasteiger partial charge in [0.2, 0.25) is 0 Å². The molecule has 0 aliphatic heterocycles. The maximum atomic E-state index is 9.91. The van der Waals surface area contributed by atoms with E-state index in [9.17, 15) is 15.3 Å². The average molecular weight is 250 g/mol. The summed E-state index contributed by atoms with van der Waals surface area (Å²) in [6, 6.07) is 1.49. The molecular weight excluding hydrogens is 228 g/mol. The van der Waals surface area contributed by atoms with Crippen LogP contribution in [0.1, 0.15) is 50.7 Å². The van der Waals surface area contributed by atoms with Crippen LogP contribution in [0.4, 0.5) is 0 Å². The number of phenols is 3. The van der Waals surface area contributed by atoms with Gasteiger partial charge in [-0.3, -0.25) is 0 Å². The van der Waals surface area contributed by atoms with Gasteiger partial charge < -0.3 is 15.3 Å². The number of allylic oxidation sites excluding steroid dienone is 2. The first-order valence-corrected chi connectivity index (χ1v) is 6.22. The lowest BCUT2D eigenvalue weighted by Crippen LogP contribution is -1.96. The smallest absolute Gasteiger partial charge is 0.164 e. The van der Waals surface area contributed by atoms with Gasteiger partial charge in [0, 0.05) is 5.56 Å². The maximum absolute atomic E-state index is 9.91. The van der Waals surface area contributed by atoms with Gasteiger partial charge in [0.05, 0.1) is 0 Å². The van der Waals surface area contributed by atoms with Crippen molar-refractivity contribution in [1.29, 1.82) is 0 Å². The number of benzene rings is 1. The predicted molar refractivity (Wildman–Crippen MR) is 73.3 cm³/mol. The molecule has 100 valence electrons. The predicted octanol–water partition coefficient (Wildman–Crippen LogP) is 3.96. The highest BCUT2D eigenvalue weighted by Crippen LogP contribution is 2.43. The SMILES string of the molecule is CC(C)=CCCC(C)c1c(O)cc(C)c(O)c1O. The van der Waals surface area contributed by atoms with Gasteiger partial charge in [0.15, 0.2) is 11.5 Å². The van der Waals surface area contributed by atoms with Crippen molar-refractivity contribution >= 4 is 0 Å². The third kappa shape index (κ3) is 3.19. The molecular formula is C15H22O3. The Bertz CT molecular complexity index is 457. The first kappa shape index (κ1) is 14.4. The molecule has 1 atom stereocenters. The summed E-state index contributed by atoms with van der Waals surface area (Å²) in [6.45, 7) is 7.66. The topological polar surface area (TPSA) is 60.7 Å². The molecule has 0 fully saturated rings. The van der Waals surface area contributed by atoms with E-state index in [0.29, 0.717) is 11.1 Å². The molecule has 1 aromatic rings. The molecule has 1 rings (SSSR count). The van der Waals surface area contributed by atoms with E-state index in [0.717, 1.165) is 12.8 Å². The first-order chi connectivity index (χ1) is 8.34. The summed E-state index contributed by atoms with van der Waals surface area (Å²) in [5.41, 5.74) is 2.16. The molecule has 0 amide bonds. The summed E-state index contributed by atoms with van der Waals surface area (Å²) in [5, 5.41) is 29.5. The lowest BCUT2D eigenvalue weighted by Gasteiger charge is -2.16. The van der Waals surface area contributed by atoms with Crippen LogP contribution in [0, 0.1) is 6.92 Å². The van der Waals surface area contributed by atoms with Crippen molar-refractivity contribution in [2.75, 3.05) is 0 Å². The highest BCUT2D eigenvalue weighted by molar-refractivity contribution is 5.57. The fourth-order valence-electron chi connectivity index (χ4n) is 2.04. The minimum atomic E-state index is -0.197. The molecule has 18 heavy (non-hydrogen) atoms. The molecule has 0 bridgehead atoms. The molecule has 0 saturated heterocycles. The standard InChI is InChI=1S/C15H22O3/c1-9(2)6-5-7-10(3)13-12(16)8-11(4)14(17)15(13)18/h6,8,10,16-18H,5,7H2,1-4H3. The van der Waals surface area contributed by atoms with E-state index < -0.39 is 0 Å². The van der Waals surface area contributed by atoms with E-state index in [-0.39, 0.29) is 23.2 Å². The second kappa shape index (κ2) is 5.80. The van der Waals surface area contributed by atoms with E-state index in [1.165, 1.54) is 11.6 Å². The molecule has 3 nitrogen and oxygen atoms in total. The van der Waals surface area contributed by atoms with Crippen LogP contribution >= 0.6 is 0 Å². The van der Waals surface area contributed by atoms with Crippen LogP contribution < -0.4 is 0 Å². The van der Waals surface area contributed by atoms with Gasteiger partial charge in [-0.25, -0.2) is 0 Å². The summed E-state index contributed by atoms with van der Waals surface area (Å²) in [7, 11) is 0. The lowest BCUT2D eigenvalue weighted by molar-refractivity contribution is 0.381. The van der Waals surface area contributed by atoms with Gasteiger partial charge in [-0.15, -0.1) is 0 Å². The molecule has 1 aromatic carbocycles. The molecule has 3 heteroatoms. The van der Waals surface area contributed by atoms with Crippen molar-refractivity contribution in [3.63, 3.8) is 0 Å². The Hall–Kier alpha value is -1.64. The first-order valence-electron chi connectivity index (χ1n) is 6.22. The van der Waals surface area contributed by atoms with Gasteiger partial charge in [0.25, 0.3) is 0 Å². The molecule has 0 saturated carbocycles. The number of phenolic OH excluding ortho intramolecular Hbond substituents is 3. The molecule has 3 N–H and O–H groups in total. The Morgan fingerprint density at radius 3 is 2.39 bits per heavy atom. The fourth-order valence-corrected chi connectivity index (χ4v) is 2.04. The van der Waals surface area contributed by atoms with Gasteiger partial charge in [-0.05, 0) is 51.2 Å². The molecule has 0 radical (unpaired) electrons. The fraction of sp³-hybridized carbons (Fsp3) is 0.467. The molecule has 0 aliphatic carbocycles. The van der Waals surface area contributed by atoms with E-state index >= 15 is 0 Å². The summed E-state index contributed by atoms with van der Waals surface area (Å²) in [4.78, 5) is 0. The Labute approximate surface area is 108 Å². The Morgan fingerprint density at radius 2 is 1.83 bits per heavy atom. The van der Waals surface area contributed by atoms with Crippen molar-refractivity contribution in [3.05, 3.63) is 28.8 Å². The van der Waals surface area contributed by atoms with E-state index in [4.69, 9.17) is 0 Å². The normalized spacial score (nSPS) is 12.2. The van der Waals surface area contributed by atoms with Gasteiger partial charge >= 0.3 is 0 Å². The number of rotatable bonds is 4. The van der Waals surface area contributed by atoms with Gasteiger partial charge in [-0.2, -0.15) is 0 Å². The molecule has 0 aromatic heterocycles. The van der Waals surface area contributed by atoms with Crippen LogP contribution in [-0.4, -0.2) is 15.3 Å².